The molecule has 13 heteroatoms. The van der Waals surface area contributed by atoms with E-state index in [1.54, 1.807) is 44.2 Å². The van der Waals surface area contributed by atoms with Gasteiger partial charge in [0.15, 0.2) is 11.6 Å². The van der Waals surface area contributed by atoms with E-state index >= 15 is 0 Å². The molecule has 3 aromatic carbocycles. The molecule has 0 aliphatic rings. The fourth-order valence-corrected chi connectivity index (χ4v) is 4.20. The van der Waals surface area contributed by atoms with E-state index in [9.17, 15) is 44.3 Å². The first-order valence-electron chi connectivity index (χ1n) is 12.5. The Hall–Kier alpha value is -3.90. The van der Waals surface area contributed by atoms with Crippen molar-refractivity contribution >= 4 is 5.91 Å². The fraction of sp³-hybridized carbons (Fsp3) is 0.345. The monoisotopic (exact) mass is 607 g/mol. The van der Waals surface area contributed by atoms with Crippen molar-refractivity contribution in [2.45, 2.75) is 63.5 Å². The molecule has 3 aromatic rings. The maximum absolute atomic E-state index is 14.9. The summed E-state index contributed by atoms with van der Waals surface area (Å²) in [6.45, 7) is 3.17. The number of carbonyl (C=O) groups excluding carboxylic acids is 1. The summed E-state index contributed by atoms with van der Waals surface area (Å²) in [6, 6.07) is 13.1. The molecule has 0 bridgehead atoms. The second-order valence-electron chi connectivity index (χ2n) is 9.68. The van der Waals surface area contributed by atoms with E-state index in [4.69, 9.17) is 4.74 Å². The molecule has 0 spiro atoms. The van der Waals surface area contributed by atoms with E-state index in [1.165, 1.54) is 0 Å². The van der Waals surface area contributed by atoms with Crippen molar-refractivity contribution in [1.82, 2.24) is 5.32 Å². The lowest BCUT2D eigenvalue weighted by Crippen LogP contribution is -2.49. The highest BCUT2D eigenvalue weighted by molar-refractivity contribution is 5.78. The van der Waals surface area contributed by atoms with E-state index in [1.807, 2.05) is 0 Å². The zero-order chi connectivity index (χ0) is 31.3. The third kappa shape index (κ3) is 8.56. The molecule has 0 fully saturated rings. The van der Waals surface area contributed by atoms with Gasteiger partial charge in [-0.1, -0.05) is 36.4 Å². The van der Waals surface area contributed by atoms with Gasteiger partial charge in [-0.2, -0.15) is 30.7 Å². The van der Waals surface area contributed by atoms with Crippen LogP contribution >= 0.6 is 0 Å². The van der Waals surface area contributed by atoms with Crippen molar-refractivity contribution in [1.29, 1.82) is 0 Å². The van der Waals surface area contributed by atoms with E-state index in [-0.39, 0.29) is 23.3 Å². The van der Waals surface area contributed by atoms with Crippen LogP contribution in [0.3, 0.4) is 0 Å². The Labute approximate surface area is 235 Å². The van der Waals surface area contributed by atoms with Gasteiger partial charge < -0.3 is 14.8 Å². The lowest BCUT2D eigenvalue weighted by molar-refractivity contribution is -0.253. The number of hydrogen-bond acceptors (Lipinski definition) is 3. The van der Waals surface area contributed by atoms with Crippen LogP contribution in [0.4, 0.5) is 39.5 Å². The third-order valence-electron chi connectivity index (χ3n) is 5.96. The predicted octanol–water partition coefficient (Wildman–Crippen LogP) is 7.93. The minimum atomic E-state index is -5.03. The molecule has 0 unspecified atom stereocenters. The van der Waals surface area contributed by atoms with Crippen LogP contribution in [0.2, 0.25) is 0 Å². The highest BCUT2D eigenvalue weighted by Gasteiger charge is 2.45. The molecule has 0 heterocycles. The second kappa shape index (κ2) is 13.0. The number of nitrogens with one attached hydrogen (secondary N) is 1. The van der Waals surface area contributed by atoms with Crippen LogP contribution in [0.1, 0.15) is 43.4 Å². The van der Waals surface area contributed by atoms with Crippen LogP contribution in [0.5, 0.6) is 11.5 Å². The van der Waals surface area contributed by atoms with Gasteiger partial charge in [0.25, 0.3) is 0 Å². The zero-order valence-corrected chi connectivity index (χ0v) is 22.3. The first kappa shape index (κ1) is 32.6. The molecule has 0 aliphatic heterocycles. The molecule has 3 rings (SSSR count). The van der Waals surface area contributed by atoms with E-state index in [0.29, 0.717) is 11.6 Å². The Morgan fingerprint density at radius 1 is 0.881 bits per heavy atom. The molecule has 228 valence electrons. The third-order valence-corrected chi connectivity index (χ3v) is 5.96. The predicted molar refractivity (Wildman–Crippen MR) is 135 cm³/mol. The quantitative estimate of drug-likeness (QED) is 0.213. The summed E-state index contributed by atoms with van der Waals surface area (Å²) < 4.78 is 131. The van der Waals surface area contributed by atoms with Gasteiger partial charge in [-0.15, -0.1) is 0 Å². The number of carbonyl (C=O) groups is 1. The summed E-state index contributed by atoms with van der Waals surface area (Å²) in [6.07, 6.45) is -17.5. The molecule has 0 aromatic heterocycles. The number of halogens is 9. The number of rotatable bonds is 12. The molecule has 1 atom stereocenters. The van der Waals surface area contributed by atoms with Crippen molar-refractivity contribution < 1.29 is 53.8 Å². The average molecular weight is 608 g/mol. The lowest BCUT2D eigenvalue weighted by Gasteiger charge is -2.37. The molecular formula is C29H26F9NO3. The smallest absolute Gasteiger partial charge is 0.461 e. The summed E-state index contributed by atoms with van der Waals surface area (Å²) in [5, 5.41) is 2.45. The van der Waals surface area contributed by atoms with Gasteiger partial charge in [-0.05, 0) is 54.8 Å². The maximum Gasteiger partial charge on any atom is 0.461 e. The first-order valence-corrected chi connectivity index (χ1v) is 12.5. The van der Waals surface area contributed by atoms with Crippen molar-refractivity contribution in [2.75, 3.05) is 0 Å². The number of ether oxygens (including phenoxy) is 2. The van der Waals surface area contributed by atoms with Crippen LogP contribution in [0.25, 0.3) is 0 Å². The highest BCUT2D eigenvalue weighted by atomic mass is 19.4. The Kier molecular flexibility index (Phi) is 10.1. The number of alkyl halides is 7. The maximum atomic E-state index is 14.9. The van der Waals surface area contributed by atoms with Crippen LogP contribution in [-0.2, 0) is 16.8 Å². The molecule has 0 saturated heterocycles. The van der Waals surface area contributed by atoms with Crippen LogP contribution < -0.4 is 14.8 Å². The van der Waals surface area contributed by atoms with Crippen molar-refractivity contribution in [3.8, 4) is 11.5 Å². The largest absolute Gasteiger partial charge is 0.488 e. The van der Waals surface area contributed by atoms with Crippen molar-refractivity contribution in [3.63, 3.8) is 0 Å². The minimum Gasteiger partial charge on any atom is -0.488 e. The zero-order valence-electron chi connectivity index (χ0n) is 22.3. The number of hydrogen-bond donors (Lipinski definition) is 1. The summed E-state index contributed by atoms with van der Waals surface area (Å²) in [5.74, 6) is -4.66. The van der Waals surface area contributed by atoms with Gasteiger partial charge in [0.05, 0.1) is 18.1 Å². The SMILES string of the molecule is CC(C)Oc1cc([C@@](Cc2ccccc2)(NC(=O)CCC(F)(F)F)c2cc(F)cc(OC(F)(F)C(F)F)c2)ccc1F. The highest BCUT2D eigenvalue weighted by Crippen LogP contribution is 2.39. The summed E-state index contributed by atoms with van der Waals surface area (Å²) in [7, 11) is 0. The molecule has 1 amide bonds. The summed E-state index contributed by atoms with van der Waals surface area (Å²) in [5.41, 5.74) is -2.05. The van der Waals surface area contributed by atoms with Gasteiger partial charge in [-0.3, -0.25) is 4.79 Å². The Morgan fingerprint density at radius 2 is 1.55 bits per heavy atom. The normalized spacial score (nSPS) is 13.6. The summed E-state index contributed by atoms with van der Waals surface area (Å²) >= 11 is 0. The lowest BCUT2D eigenvalue weighted by atomic mass is 9.77. The Morgan fingerprint density at radius 3 is 2.14 bits per heavy atom. The molecule has 1 N–H and O–H groups in total. The Bertz CT molecular complexity index is 1360. The molecular weight excluding hydrogens is 581 g/mol. The second-order valence-corrected chi connectivity index (χ2v) is 9.68. The fourth-order valence-electron chi connectivity index (χ4n) is 4.20. The molecule has 42 heavy (non-hydrogen) atoms. The molecule has 0 saturated carbocycles. The van der Waals surface area contributed by atoms with Crippen LogP contribution in [0, 0.1) is 11.6 Å². The van der Waals surface area contributed by atoms with E-state index in [2.05, 4.69) is 10.1 Å². The number of amides is 1. The van der Waals surface area contributed by atoms with E-state index in [0.717, 1.165) is 30.3 Å². The summed E-state index contributed by atoms with van der Waals surface area (Å²) in [4.78, 5) is 13.0. The average Bonchev–Trinajstić information content (AvgIpc) is 2.87. The van der Waals surface area contributed by atoms with Crippen molar-refractivity contribution in [3.05, 3.63) is 95.1 Å². The molecule has 0 radical (unpaired) electrons. The van der Waals surface area contributed by atoms with Crippen LogP contribution in [0.15, 0.2) is 66.7 Å². The minimum absolute atomic E-state index is 0.0408. The van der Waals surface area contributed by atoms with Gasteiger partial charge in [0, 0.05) is 18.9 Å². The van der Waals surface area contributed by atoms with Gasteiger partial charge >= 0.3 is 18.7 Å². The molecule has 0 aliphatic carbocycles. The topological polar surface area (TPSA) is 47.6 Å². The van der Waals surface area contributed by atoms with Crippen molar-refractivity contribution in [2.24, 2.45) is 0 Å². The Balaban J connectivity index is 2.30. The first-order chi connectivity index (χ1) is 19.5. The van der Waals surface area contributed by atoms with E-state index < -0.39 is 66.5 Å². The van der Waals surface area contributed by atoms with Crippen LogP contribution in [-0.4, -0.2) is 30.7 Å². The number of benzene rings is 3. The molecule has 4 nitrogen and oxygen atoms in total. The van der Waals surface area contributed by atoms with Gasteiger partial charge in [-0.25, -0.2) is 8.78 Å². The standard InChI is InChI=1S/C29H26F9NO3/c1-17(2)41-24-14-19(8-9-23(24)31)27(16-18-6-4-3-5-7-18,39-25(40)10-11-28(34,35)36)20-12-21(30)15-22(13-20)42-29(37,38)26(32)33/h3-9,12-15,17,26H,10-11,16H2,1-2H3,(H,39,40)/t27-/m1/s1. The van der Waals surface area contributed by atoms with Gasteiger partial charge in [0.2, 0.25) is 5.91 Å². The van der Waals surface area contributed by atoms with Gasteiger partial charge in [0.1, 0.15) is 11.6 Å².